The molecule has 0 heterocycles. The Morgan fingerprint density at radius 1 is 0.757 bits per heavy atom. The summed E-state index contributed by atoms with van der Waals surface area (Å²) in [6, 6.07) is 26.1. The van der Waals surface area contributed by atoms with Crippen molar-refractivity contribution < 1.29 is 23.5 Å². The lowest BCUT2D eigenvalue weighted by Gasteiger charge is -2.11. The van der Waals surface area contributed by atoms with Crippen LogP contribution in [0.15, 0.2) is 97.1 Å². The minimum absolute atomic E-state index is 0.151. The molecular formula is C29H24FN3O4. The van der Waals surface area contributed by atoms with Crippen LogP contribution in [0.5, 0.6) is 5.75 Å². The summed E-state index contributed by atoms with van der Waals surface area (Å²) >= 11 is 0. The number of rotatable bonds is 9. The summed E-state index contributed by atoms with van der Waals surface area (Å²) in [6.07, 6.45) is 0. The zero-order valence-electron chi connectivity index (χ0n) is 19.7. The average Bonchev–Trinajstić information content (AvgIpc) is 2.91. The number of nitrogens with one attached hydrogen (secondary N) is 2. The van der Waals surface area contributed by atoms with Crippen molar-refractivity contribution in [3.05, 3.63) is 131 Å². The summed E-state index contributed by atoms with van der Waals surface area (Å²) in [5, 5.41) is 5.59. The van der Waals surface area contributed by atoms with Crippen molar-refractivity contribution in [1.82, 2.24) is 5.32 Å². The molecule has 0 aliphatic rings. The van der Waals surface area contributed by atoms with Crippen molar-refractivity contribution in [3.63, 3.8) is 0 Å². The molecule has 4 rings (SSSR count). The van der Waals surface area contributed by atoms with Gasteiger partial charge in [-0.3, -0.25) is 14.4 Å². The molecule has 3 amide bonds. The number of benzene rings is 4. The van der Waals surface area contributed by atoms with Crippen LogP contribution in [0.3, 0.4) is 0 Å². The largest absolute Gasteiger partial charge is 0.488 e. The fraction of sp³-hybridized carbons (Fsp3) is 0.0690. The van der Waals surface area contributed by atoms with Crippen LogP contribution in [0.1, 0.15) is 42.2 Å². The maximum atomic E-state index is 13.4. The summed E-state index contributed by atoms with van der Waals surface area (Å²) in [4.78, 5) is 36.7. The summed E-state index contributed by atoms with van der Waals surface area (Å²) in [5.41, 5.74) is 8.36. The first-order valence-corrected chi connectivity index (χ1v) is 11.4. The Morgan fingerprint density at radius 3 is 2.24 bits per heavy atom. The van der Waals surface area contributed by atoms with E-state index in [2.05, 4.69) is 10.6 Å². The molecule has 4 aromatic carbocycles. The van der Waals surface area contributed by atoms with Crippen LogP contribution in [-0.2, 0) is 13.2 Å². The van der Waals surface area contributed by atoms with Gasteiger partial charge in [-0.1, -0.05) is 42.5 Å². The number of para-hydroxylation sites is 1. The number of carbonyl (C=O) groups excluding carboxylic acids is 3. The Hall–Kier alpha value is -4.98. The van der Waals surface area contributed by atoms with E-state index in [0.29, 0.717) is 17.0 Å². The van der Waals surface area contributed by atoms with Gasteiger partial charge in [0, 0.05) is 23.4 Å². The molecule has 7 nitrogen and oxygen atoms in total. The van der Waals surface area contributed by atoms with Crippen LogP contribution in [0.4, 0.5) is 10.1 Å². The molecule has 0 saturated heterocycles. The van der Waals surface area contributed by atoms with E-state index in [-0.39, 0.29) is 30.2 Å². The normalized spacial score (nSPS) is 10.4. The number of amides is 3. The van der Waals surface area contributed by atoms with E-state index in [1.165, 1.54) is 18.2 Å². The van der Waals surface area contributed by atoms with Gasteiger partial charge in [0.15, 0.2) is 0 Å². The van der Waals surface area contributed by atoms with Gasteiger partial charge in [-0.25, -0.2) is 4.39 Å². The maximum Gasteiger partial charge on any atom is 0.255 e. The number of hydrogen-bond acceptors (Lipinski definition) is 4. The summed E-state index contributed by atoms with van der Waals surface area (Å²) in [6.45, 7) is 0.383. The predicted molar refractivity (Wildman–Crippen MR) is 138 cm³/mol. The van der Waals surface area contributed by atoms with Crippen molar-refractivity contribution in [2.75, 3.05) is 5.32 Å². The number of carbonyl (C=O) groups is 3. The average molecular weight is 498 g/mol. The zero-order valence-corrected chi connectivity index (χ0v) is 19.7. The molecule has 186 valence electrons. The van der Waals surface area contributed by atoms with Gasteiger partial charge in [0.25, 0.3) is 17.7 Å². The molecular weight excluding hydrogens is 473 g/mol. The highest BCUT2D eigenvalue weighted by Gasteiger charge is 2.11. The summed E-state index contributed by atoms with van der Waals surface area (Å²) < 4.78 is 19.1. The molecule has 0 spiro atoms. The zero-order chi connectivity index (χ0) is 26.2. The highest BCUT2D eigenvalue weighted by atomic mass is 19.1. The molecule has 0 saturated carbocycles. The Kier molecular flexibility index (Phi) is 7.90. The Balaban J connectivity index is 1.35. The molecule has 0 atom stereocenters. The number of halogens is 1. The smallest absolute Gasteiger partial charge is 0.255 e. The molecule has 4 N–H and O–H groups in total. The van der Waals surface area contributed by atoms with Crippen molar-refractivity contribution in [2.45, 2.75) is 13.2 Å². The fourth-order valence-electron chi connectivity index (χ4n) is 3.64. The number of ether oxygens (including phenoxy) is 1. The molecule has 0 unspecified atom stereocenters. The quantitative estimate of drug-likeness (QED) is 0.312. The van der Waals surface area contributed by atoms with Crippen LogP contribution in [-0.4, -0.2) is 17.7 Å². The molecule has 0 bridgehead atoms. The third-order valence-electron chi connectivity index (χ3n) is 5.46. The van der Waals surface area contributed by atoms with Crippen LogP contribution in [0.25, 0.3) is 0 Å². The molecule has 4 aromatic rings. The second-order valence-corrected chi connectivity index (χ2v) is 8.20. The highest BCUT2D eigenvalue weighted by Crippen LogP contribution is 2.19. The van der Waals surface area contributed by atoms with Crippen molar-refractivity contribution in [1.29, 1.82) is 0 Å². The van der Waals surface area contributed by atoms with Crippen molar-refractivity contribution >= 4 is 23.4 Å². The lowest BCUT2D eigenvalue weighted by Crippen LogP contribution is -2.23. The predicted octanol–water partition coefficient (Wildman–Crippen LogP) is 4.69. The topological polar surface area (TPSA) is 111 Å². The Bertz CT molecular complexity index is 1450. The van der Waals surface area contributed by atoms with Gasteiger partial charge in [0.05, 0.1) is 5.56 Å². The van der Waals surface area contributed by atoms with Gasteiger partial charge in [0.2, 0.25) is 0 Å². The number of primary amides is 1. The molecule has 0 aromatic heterocycles. The monoisotopic (exact) mass is 497 g/mol. The van der Waals surface area contributed by atoms with Crippen LogP contribution in [0.2, 0.25) is 0 Å². The van der Waals surface area contributed by atoms with Gasteiger partial charge < -0.3 is 21.1 Å². The van der Waals surface area contributed by atoms with E-state index in [0.717, 1.165) is 17.2 Å². The van der Waals surface area contributed by atoms with Gasteiger partial charge in [-0.05, 0) is 65.7 Å². The Morgan fingerprint density at radius 2 is 1.46 bits per heavy atom. The van der Waals surface area contributed by atoms with Crippen molar-refractivity contribution in [2.24, 2.45) is 5.73 Å². The standard InChI is InChI=1S/C29H24FN3O4/c30-23-10-5-9-22(16-23)29(36)33-24-11-4-6-19(15-24)17-32-28(35)21-8-3-7-20(14-21)18-37-26-13-2-1-12-25(26)27(31)34/h1-16H,17-18H2,(H2,31,34)(H,32,35)(H,33,36). The van der Waals surface area contributed by atoms with Gasteiger partial charge >= 0.3 is 0 Å². The van der Waals surface area contributed by atoms with Gasteiger partial charge in [-0.15, -0.1) is 0 Å². The van der Waals surface area contributed by atoms with Gasteiger partial charge in [0.1, 0.15) is 18.2 Å². The van der Waals surface area contributed by atoms with E-state index >= 15 is 0 Å². The number of hydrogen-bond donors (Lipinski definition) is 3. The minimum Gasteiger partial charge on any atom is -0.488 e. The van der Waals surface area contributed by atoms with Gasteiger partial charge in [-0.2, -0.15) is 0 Å². The van der Waals surface area contributed by atoms with Crippen molar-refractivity contribution in [3.8, 4) is 5.75 Å². The van der Waals surface area contributed by atoms with E-state index in [9.17, 15) is 18.8 Å². The fourth-order valence-corrected chi connectivity index (χ4v) is 3.64. The highest BCUT2D eigenvalue weighted by molar-refractivity contribution is 6.04. The lowest BCUT2D eigenvalue weighted by molar-refractivity contribution is 0.0948. The summed E-state index contributed by atoms with van der Waals surface area (Å²) in [7, 11) is 0. The first-order chi connectivity index (χ1) is 17.9. The Labute approximate surface area is 213 Å². The minimum atomic E-state index is -0.582. The number of anilines is 1. The van der Waals surface area contributed by atoms with Crippen LogP contribution < -0.4 is 21.1 Å². The second kappa shape index (κ2) is 11.6. The molecule has 0 radical (unpaired) electrons. The molecule has 8 heteroatoms. The molecule has 37 heavy (non-hydrogen) atoms. The number of nitrogens with two attached hydrogens (primary N) is 1. The second-order valence-electron chi connectivity index (χ2n) is 8.20. The third-order valence-corrected chi connectivity index (χ3v) is 5.46. The summed E-state index contributed by atoms with van der Waals surface area (Å²) in [5.74, 6) is -1.42. The van der Waals surface area contributed by atoms with E-state index in [1.807, 2.05) is 12.1 Å². The van der Waals surface area contributed by atoms with Crippen LogP contribution in [0, 0.1) is 5.82 Å². The maximum absolute atomic E-state index is 13.4. The van der Waals surface area contributed by atoms with Crippen LogP contribution >= 0.6 is 0 Å². The first-order valence-electron chi connectivity index (χ1n) is 11.4. The van der Waals surface area contributed by atoms with E-state index in [4.69, 9.17) is 10.5 Å². The SMILES string of the molecule is NC(=O)c1ccccc1OCc1cccc(C(=O)NCc2cccc(NC(=O)c3cccc(F)c3)c2)c1. The van der Waals surface area contributed by atoms with E-state index in [1.54, 1.807) is 60.7 Å². The molecule has 0 aliphatic carbocycles. The third kappa shape index (κ3) is 6.79. The molecule has 0 aliphatic heterocycles. The first kappa shape index (κ1) is 25.1. The lowest BCUT2D eigenvalue weighted by atomic mass is 10.1. The van der Waals surface area contributed by atoms with E-state index < -0.39 is 17.6 Å². The molecule has 0 fully saturated rings.